The Balaban J connectivity index is 0.838. The van der Waals surface area contributed by atoms with E-state index in [9.17, 15) is 38.4 Å². The van der Waals surface area contributed by atoms with Crippen LogP contribution in [0.3, 0.4) is 0 Å². The third-order valence-electron chi connectivity index (χ3n) is 11.9. The number of carbonyl (C=O) groups is 8. The van der Waals surface area contributed by atoms with Crippen LogP contribution in [0.15, 0.2) is 78.0 Å². The number of hydrogen-bond donors (Lipinski definition) is 3. The van der Waals surface area contributed by atoms with E-state index in [-0.39, 0.29) is 135 Å². The molecule has 2 aliphatic rings. The van der Waals surface area contributed by atoms with Gasteiger partial charge in [0.15, 0.2) is 0 Å². The van der Waals surface area contributed by atoms with E-state index in [0.29, 0.717) is 100 Å². The summed E-state index contributed by atoms with van der Waals surface area (Å²) in [5.41, 5.74) is 1.23. The summed E-state index contributed by atoms with van der Waals surface area (Å²) < 4.78 is 44.0. The first-order chi connectivity index (χ1) is 40.6. The van der Waals surface area contributed by atoms with E-state index in [2.05, 4.69) is 20.9 Å². The van der Waals surface area contributed by atoms with Crippen molar-refractivity contribution in [3.63, 3.8) is 0 Å². The van der Waals surface area contributed by atoms with Gasteiger partial charge in [-0.25, -0.2) is 4.98 Å². The second-order valence-corrected chi connectivity index (χ2v) is 20.5. The standard InChI is InChI=1S/C56H77N7O18S2/c64-48(16-25-72-27-29-74-31-33-76-35-37-78-39-41-80-62-53(68)44-10-3-4-11-45(44)54(62)69)58-21-23-61(52(67)15-2-1-8-19-57-50(66)18-43-82-83-51-14-7-9-20-60-51)24-22-59-49(65)17-26-73-28-30-75-32-34-77-36-38-79-40-42-81-63-55(70)46-12-5-6-13-47(46)56(63)71/h3-7,9-14,20H,1-2,8,15-19,21-43H2,(H,57,66)(H,58,64)(H,59,65). The lowest BCUT2D eigenvalue weighted by Crippen LogP contribution is -2.42. The van der Waals surface area contributed by atoms with Crippen molar-refractivity contribution in [2.75, 3.05) is 157 Å². The van der Waals surface area contributed by atoms with Gasteiger partial charge in [-0.2, -0.15) is 0 Å². The van der Waals surface area contributed by atoms with E-state index in [0.717, 1.165) is 28.0 Å². The molecule has 2 aromatic carbocycles. The van der Waals surface area contributed by atoms with Gasteiger partial charge < -0.3 is 58.7 Å². The van der Waals surface area contributed by atoms with Crippen molar-refractivity contribution in [3.8, 4) is 0 Å². The summed E-state index contributed by atoms with van der Waals surface area (Å²) in [6, 6.07) is 18.7. The van der Waals surface area contributed by atoms with E-state index in [1.54, 1.807) is 70.4 Å². The number of pyridine rings is 1. The number of hydroxylamine groups is 4. The van der Waals surface area contributed by atoms with E-state index in [4.69, 9.17) is 47.6 Å². The summed E-state index contributed by atoms with van der Waals surface area (Å²) in [7, 11) is 3.11. The second kappa shape index (κ2) is 41.9. The SMILES string of the molecule is O=C(CCOCCOCCOCCOCCON1C(=O)c2ccccc2C1=O)NCCN(CCNC(=O)CCOCCOCCOCCOCCON1C(=O)c2ccccc2C1=O)C(=O)CCCCCNC(=O)CCSSc1ccccn1. The number of rotatable bonds is 49. The maximum absolute atomic E-state index is 13.4. The van der Waals surface area contributed by atoms with Crippen molar-refractivity contribution in [3.05, 3.63) is 95.2 Å². The third-order valence-corrected chi connectivity index (χ3v) is 14.2. The van der Waals surface area contributed by atoms with Gasteiger partial charge in [0.25, 0.3) is 23.6 Å². The van der Waals surface area contributed by atoms with Crippen LogP contribution in [-0.4, -0.2) is 225 Å². The van der Waals surface area contributed by atoms with Crippen LogP contribution in [0.2, 0.25) is 0 Å². The molecule has 0 radical (unpaired) electrons. The fraction of sp³-hybridized carbons (Fsp3) is 0.554. The minimum Gasteiger partial charge on any atom is -0.379 e. The molecule has 0 saturated heterocycles. The number of fused-ring (bicyclic) bond motifs is 2. The predicted octanol–water partition coefficient (Wildman–Crippen LogP) is 3.32. The third kappa shape index (κ3) is 27.1. The smallest absolute Gasteiger partial charge is 0.285 e. The molecule has 2 aliphatic heterocycles. The molecule has 456 valence electrons. The topological polar surface area (TPSA) is 288 Å². The fourth-order valence-corrected chi connectivity index (χ4v) is 9.55. The monoisotopic (exact) mass is 1200 g/mol. The molecule has 0 atom stereocenters. The average Bonchev–Trinajstić information content (AvgIpc) is 3.22. The highest BCUT2D eigenvalue weighted by molar-refractivity contribution is 8.76. The Kier molecular flexibility index (Phi) is 34.3. The van der Waals surface area contributed by atoms with Crippen LogP contribution in [0.25, 0.3) is 0 Å². The number of amides is 8. The second-order valence-electron chi connectivity index (χ2n) is 18.0. The van der Waals surface area contributed by atoms with E-state index in [1.165, 1.54) is 10.8 Å². The van der Waals surface area contributed by atoms with Gasteiger partial charge in [-0.1, -0.05) is 47.5 Å². The number of hydrogen-bond acceptors (Lipinski definition) is 21. The molecule has 3 heterocycles. The Hall–Kier alpha value is -5.95. The molecule has 0 saturated carbocycles. The Morgan fingerprint density at radius 1 is 0.422 bits per heavy atom. The van der Waals surface area contributed by atoms with Gasteiger partial charge >= 0.3 is 0 Å². The molecule has 25 nitrogen and oxygen atoms in total. The first kappa shape index (κ1) is 67.8. The summed E-state index contributed by atoms with van der Waals surface area (Å²) >= 11 is 0. The molecular weight excluding hydrogens is 1120 g/mol. The molecular formula is C56H77N7O18S2. The number of unbranched alkanes of at least 4 members (excludes halogenated alkanes) is 2. The van der Waals surface area contributed by atoms with Crippen molar-refractivity contribution in [1.82, 2.24) is 36.0 Å². The number of imide groups is 2. The van der Waals surface area contributed by atoms with Crippen LogP contribution in [0.1, 0.15) is 86.4 Å². The molecule has 5 rings (SSSR count). The first-order valence-electron chi connectivity index (χ1n) is 27.8. The van der Waals surface area contributed by atoms with Gasteiger partial charge in [0, 0.05) is 70.4 Å². The van der Waals surface area contributed by atoms with Crippen LogP contribution >= 0.6 is 21.6 Å². The number of nitrogens with one attached hydrogen (secondary N) is 3. The molecule has 3 N–H and O–H groups in total. The van der Waals surface area contributed by atoms with E-state index < -0.39 is 23.6 Å². The van der Waals surface area contributed by atoms with Gasteiger partial charge in [0.1, 0.15) is 5.03 Å². The molecule has 0 fully saturated rings. The number of benzene rings is 2. The summed E-state index contributed by atoms with van der Waals surface area (Å²) in [5, 5.41) is 11.0. The number of nitrogens with zero attached hydrogens (tertiary/aromatic N) is 4. The van der Waals surface area contributed by atoms with Crippen LogP contribution in [-0.2, 0) is 66.7 Å². The van der Waals surface area contributed by atoms with Crippen LogP contribution in [0.4, 0.5) is 0 Å². The van der Waals surface area contributed by atoms with Crippen molar-refractivity contribution in [2.45, 2.75) is 50.0 Å². The highest BCUT2D eigenvalue weighted by atomic mass is 33.1. The van der Waals surface area contributed by atoms with Gasteiger partial charge in [-0.3, -0.25) is 48.0 Å². The summed E-state index contributed by atoms with van der Waals surface area (Å²) in [6.07, 6.45) is 4.68. The van der Waals surface area contributed by atoms with Crippen molar-refractivity contribution in [2.24, 2.45) is 0 Å². The average molecular weight is 1200 g/mol. The van der Waals surface area contributed by atoms with E-state index in [1.807, 2.05) is 18.2 Å². The van der Waals surface area contributed by atoms with Gasteiger partial charge in [-0.15, -0.1) is 10.1 Å². The van der Waals surface area contributed by atoms with Crippen molar-refractivity contribution < 1.29 is 85.9 Å². The zero-order valence-corrected chi connectivity index (χ0v) is 48.4. The molecule has 83 heavy (non-hydrogen) atoms. The molecule has 27 heteroatoms. The lowest BCUT2D eigenvalue weighted by atomic mass is 10.1. The summed E-state index contributed by atoms with van der Waals surface area (Å²) in [6.45, 7) is 5.80. The summed E-state index contributed by atoms with van der Waals surface area (Å²) in [5.74, 6) is -1.96. The zero-order valence-electron chi connectivity index (χ0n) is 46.8. The van der Waals surface area contributed by atoms with Crippen LogP contribution in [0.5, 0.6) is 0 Å². The Labute approximate surface area is 491 Å². The molecule has 0 spiro atoms. The lowest BCUT2D eigenvalue weighted by Gasteiger charge is -2.23. The maximum Gasteiger partial charge on any atom is 0.285 e. The van der Waals surface area contributed by atoms with Gasteiger partial charge in [0.2, 0.25) is 23.6 Å². The highest BCUT2D eigenvalue weighted by Crippen LogP contribution is 2.29. The summed E-state index contributed by atoms with van der Waals surface area (Å²) in [4.78, 5) is 117. The predicted molar refractivity (Wildman–Crippen MR) is 303 cm³/mol. The zero-order chi connectivity index (χ0) is 59.0. The minimum atomic E-state index is -0.498. The van der Waals surface area contributed by atoms with Crippen LogP contribution < -0.4 is 16.0 Å². The number of carbonyl (C=O) groups excluding carboxylic acids is 8. The molecule has 1 aromatic heterocycles. The fourth-order valence-electron chi connectivity index (χ4n) is 7.68. The normalized spacial score (nSPS) is 12.7. The Morgan fingerprint density at radius 3 is 1.20 bits per heavy atom. The first-order valence-corrected chi connectivity index (χ1v) is 30.1. The maximum atomic E-state index is 13.4. The Bertz CT molecular complexity index is 2260. The highest BCUT2D eigenvalue weighted by Gasteiger charge is 2.37. The van der Waals surface area contributed by atoms with Crippen molar-refractivity contribution in [1.29, 1.82) is 0 Å². The minimum absolute atomic E-state index is 0.0220. The lowest BCUT2D eigenvalue weighted by molar-refractivity contribution is -0.132. The Morgan fingerprint density at radius 2 is 0.795 bits per heavy atom. The molecule has 0 unspecified atom stereocenters. The van der Waals surface area contributed by atoms with Crippen molar-refractivity contribution >= 4 is 68.8 Å². The molecule has 8 amide bonds. The molecule has 3 aromatic rings. The van der Waals surface area contributed by atoms with E-state index >= 15 is 0 Å². The largest absolute Gasteiger partial charge is 0.379 e. The number of ether oxygens (including phenoxy) is 8. The molecule has 0 bridgehead atoms. The van der Waals surface area contributed by atoms with Gasteiger partial charge in [-0.05, 0) is 60.0 Å². The van der Waals surface area contributed by atoms with Crippen LogP contribution in [0, 0.1) is 0 Å². The molecule has 0 aliphatic carbocycles. The quantitative estimate of drug-likeness (QED) is 0.0415. The van der Waals surface area contributed by atoms with Gasteiger partial charge in [0.05, 0.1) is 141 Å². The number of aromatic nitrogens is 1.